The van der Waals surface area contributed by atoms with E-state index in [-0.39, 0.29) is 12.8 Å². The Balaban J connectivity index is 1.89. The van der Waals surface area contributed by atoms with Gasteiger partial charge in [0.2, 0.25) is 16.4 Å². The Morgan fingerprint density at radius 3 is 2.14 bits per heavy atom. The number of hydrogen-bond donors (Lipinski definition) is 3. The van der Waals surface area contributed by atoms with Crippen LogP contribution in [0.15, 0.2) is 0 Å². The van der Waals surface area contributed by atoms with Gasteiger partial charge in [0.05, 0.1) is 17.0 Å². The van der Waals surface area contributed by atoms with Crippen LogP contribution in [0, 0.1) is 5.41 Å². The first-order valence-corrected chi connectivity index (χ1v) is 8.77. The summed E-state index contributed by atoms with van der Waals surface area (Å²) in [4.78, 5) is 0. The minimum absolute atomic E-state index is 0.123. The van der Waals surface area contributed by atoms with Crippen molar-refractivity contribution in [2.24, 2.45) is 5.41 Å². The minimum Gasteiger partial charge on any atom is -0.387 e. The third-order valence-electron chi connectivity index (χ3n) is 4.71. The molecular formula is C13H23F2NO4S. The molecule has 0 atom stereocenters. The third-order valence-corrected chi connectivity index (χ3v) is 6.53. The molecule has 0 radical (unpaired) electrons. The summed E-state index contributed by atoms with van der Waals surface area (Å²) in [5, 5.41) is 20.4. The van der Waals surface area contributed by atoms with Gasteiger partial charge in [0, 0.05) is 11.5 Å². The largest absolute Gasteiger partial charge is 0.387 e. The Hall–Kier alpha value is -0.310. The molecule has 21 heavy (non-hydrogen) atoms. The Morgan fingerprint density at radius 1 is 1.24 bits per heavy atom. The van der Waals surface area contributed by atoms with E-state index < -0.39 is 44.9 Å². The van der Waals surface area contributed by atoms with Gasteiger partial charge >= 0.3 is 0 Å². The van der Waals surface area contributed by atoms with Gasteiger partial charge in [-0.1, -0.05) is 13.8 Å². The number of halogens is 2. The highest BCUT2D eigenvalue weighted by atomic mass is 32.2. The average Bonchev–Trinajstić information content (AvgIpc) is 2.21. The van der Waals surface area contributed by atoms with Gasteiger partial charge < -0.3 is 10.2 Å². The number of nitrogens with one attached hydrogen (secondary N) is 1. The fourth-order valence-electron chi connectivity index (χ4n) is 3.04. The summed E-state index contributed by atoms with van der Waals surface area (Å²) in [5.41, 5.74) is -3.99. The fourth-order valence-corrected chi connectivity index (χ4v) is 4.91. The molecular weight excluding hydrogens is 304 g/mol. The maximum absolute atomic E-state index is 12.7. The molecule has 2 rings (SSSR count). The van der Waals surface area contributed by atoms with Gasteiger partial charge in [-0.2, -0.15) is 0 Å². The Bertz CT molecular complexity index is 496. The van der Waals surface area contributed by atoms with E-state index >= 15 is 0 Å². The van der Waals surface area contributed by atoms with Crippen molar-refractivity contribution in [2.75, 3.05) is 5.75 Å². The summed E-state index contributed by atoms with van der Waals surface area (Å²) in [5.74, 6) is -0.670. The van der Waals surface area contributed by atoms with Crippen LogP contribution in [0.5, 0.6) is 0 Å². The molecule has 5 nitrogen and oxygen atoms in total. The van der Waals surface area contributed by atoms with Crippen molar-refractivity contribution in [3.05, 3.63) is 0 Å². The Kier molecular flexibility index (Phi) is 4.15. The standard InChI is InChI=1S/C13H23F2NO4S/c1-11(2,10(14)15)8-21(19,20)16-9-6-13(18,7-9)12(17)4-3-5-12/h9-10,16-18H,3-8H2,1-2H3. The molecule has 0 spiro atoms. The molecule has 0 aromatic rings. The summed E-state index contributed by atoms with van der Waals surface area (Å²) in [6.45, 7) is 2.40. The summed E-state index contributed by atoms with van der Waals surface area (Å²) in [6, 6.07) is -0.502. The van der Waals surface area contributed by atoms with Crippen molar-refractivity contribution >= 4 is 10.0 Å². The fraction of sp³-hybridized carbons (Fsp3) is 1.00. The summed E-state index contributed by atoms with van der Waals surface area (Å²) < 4.78 is 51.7. The van der Waals surface area contributed by atoms with Crippen molar-refractivity contribution < 1.29 is 27.4 Å². The van der Waals surface area contributed by atoms with Crippen molar-refractivity contribution in [1.82, 2.24) is 4.72 Å². The Morgan fingerprint density at radius 2 is 1.76 bits per heavy atom. The van der Waals surface area contributed by atoms with Crippen LogP contribution in [-0.2, 0) is 10.0 Å². The van der Waals surface area contributed by atoms with Crippen LogP contribution in [0.25, 0.3) is 0 Å². The highest BCUT2D eigenvalue weighted by Crippen LogP contribution is 2.50. The molecule has 0 unspecified atom stereocenters. The van der Waals surface area contributed by atoms with Gasteiger partial charge in [0.1, 0.15) is 0 Å². The third kappa shape index (κ3) is 3.23. The Labute approximate surface area is 123 Å². The second kappa shape index (κ2) is 5.11. The molecule has 0 saturated heterocycles. The highest BCUT2D eigenvalue weighted by molar-refractivity contribution is 7.89. The molecule has 0 bridgehead atoms. The predicted molar refractivity (Wildman–Crippen MR) is 73.5 cm³/mol. The summed E-state index contributed by atoms with van der Waals surface area (Å²) >= 11 is 0. The number of alkyl halides is 2. The second-order valence-electron chi connectivity index (χ2n) is 7.19. The van der Waals surface area contributed by atoms with Gasteiger partial charge in [0.15, 0.2) is 0 Å². The maximum atomic E-state index is 12.7. The van der Waals surface area contributed by atoms with Gasteiger partial charge in [-0.25, -0.2) is 21.9 Å². The smallest absolute Gasteiger partial charge is 0.244 e. The molecule has 0 aliphatic heterocycles. The van der Waals surface area contributed by atoms with Gasteiger partial charge in [-0.15, -0.1) is 0 Å². The molecule has 3 N–H and O–H groups in total. The van der Waals surface area contributed by atoms with Gasteiger partial charge in [0.25, 0.3) is 0 Å². The molecule has 0 aromatic heterocycles. The van der Waals surface area contributed by atoms with E-state index in [0.29, 0.717) is 12.8 Å². The molecule has 2 fully saturated rings. The lowest BCUT2D eigenvalue weighted by molar-refractivity contribution is -0.230. The van der Waals surface area contributed by atoms with Crippen LogP contribution in [0.1, 0.15) is 46.0 Å². The predicted octanol–water partition coefficient (Wildman–Crippen LogP) is 1.01. The molecule has 2 aliphatic carbocycles. The lowest BCUT2D eigenvalue weighted by Crippen LogP contribution is -2.69. The molecule has 124 valence electrons. The number of rotatable bonds is 6. The van der Waals surface area contributed by atoms with E-state index in [4.69, 9.17) is 0 Å². The first-order valence-electron chi connectivity index (χ1n) is 7.12. The zero-order valence-corrected chi connectivity index (χ0v) is 13.1. The molecule has 2 aliphatic rings. The SMILES string of the molecule is CC(C)(CS(=O)(=O)NC1CC(O)(C2(O)CCC2)C1)C(F)F. The van der Waals surface area contributed by atoms with Crippen molar-refractivity contribution in [3.63, 3.8) is 0 Å². The lowest BCUT2D eigenvalue weighted by Gasteiger charge is -2.57. The number of sulfonamides is 1. The van der Waals surface area contributed by atoms with Crippen LogP contribution in [0.3, 0.4) is 0 Å². The van der Waals surface area contributed by atoms with Crippen LogP contribution in [0.2, 0.25) is 0 Å². The maximum Gasteiger partial charge on any atom is 0.244 e. The first kappa shape index (κ1) is 17.1. The normalized spacial score (nSPS) is 32.6. The van der Waals surface area contributed by atoms with Crippen LogP contribution in [-0.4, -0.2) is 48.1 Å². The van der Waals surface area contributed by atoms with E-state index in [1.807, 2.05) is 0 Å². The number of hydrogen-bond acceptors (Lipinski definition) is 4. The van der Waals surface area contributed by atoms with E-state index in [1.165, 1.54) is 13.8 Å². The average molecular weight is 327 g/mol. The summed E-state index contributed by atoms with van der Waals surface area (Å²) in [7, 11) is -3.85. The lowest BCUT2D eigenvalue weighted by atomic mass is 9.58. The zero-order chi connectivity index (χ0) is 16.1. The highest BCUT2D eigenvalue weighted by Gasteiger charge is 2.60. The van der Waals surface area contributed by atoms with E-state index in [2.05, 4.69) is 4.72 Å². The quantitative estimate of drug-likeness (QED) is 0.679. The van der Waals surface area contributed by atoms with Crippen molar-refractivity contribution in [2.45, 2.75) is 69.6 Å². The first-order chi connectivity index (χ1) is 9.39. The van der Waals surface area contributed by atoms with Crippen LogP contribution < -0.4 is 4.72 Å². The van der Waals surface area contributed by atoms with Gasteiger partial charge in [-0.05, 0) is 32.1 Å². The molecule has 0 aromatic carbocycles. The van der Waals surface area contributed by atoms with Crippen molar-refractivity contribution in [1.29, 1.82) is 0 Å². The van der Waals surface area contributed by atoms with E-state index in [1.54, 1.807) is 0 Å². The second-order valence-corrected chi connectivity index (χ2v) is 8.94. The van der Waals surface area contributed by atoms with Crippen LogP contribution in [0.4, 0.5) is 8.78 Å². The van der Waals surface area contributed by atoms with E-state index in [0.717, 1.165) is 6.42 Å². The monoisotopic (exact) mass is 327 g/mol. The molecule has 8 heteroatoms. The minimum atomic E-state index is -3.85. The topological polar surface area (TPSA) is 86.6 Å². The zero-order valence-electron chi connectivity index (χ0n) is 12.3. The molecule has 0 amide bonds. The number of aliphatic hydroxyl groups is 2. The molecule has 2 saturated carbocycles. The summed E-state index contributed by atoms with van der Waals surface area (Å²) in [6.07, 6.45) is -0.612. The van der Waals surface area contributed by atoms with Crippen LogP contribution >= 0.6 is 0 Å². The molecule has 0 heterocycles. The van der Waals surface area contributed by atoms with Gasteiger partial charge in [-0.3, -0.25) is 0 Å². The van der Waals surface area contributed by atoms with Crippen molar-refractivity contribution in [3.8, 4) is 0 Å². The van der Waals surface area contributed by atoms with E-state index in [9.17, 15) is 27.4 Å².